The van der Waals surface area contributed by atoms with Crippen molar-refractivity contribution in [2.75, 3.05) is 13.2 Å². The summed E-state index contributed by atoms with van der Waals surface area (Å²) >= 11 is 5.10. The third kappa shape index (κ3) is 14.4. The number of halogens is 1. The van der Waals surface area contributed by atoms with Crippen LogP contribution in [0.2, 0.25) is 0 Å². The van der Waals surface area contributed by atoms with Crippen molar-refractivity contribution in [3.05, 3.63) is 72.8 Å². The second kappa shape index (κ2) is 18.5. The molecule has 1 saturated carbocycles. The quantitative estimate of drug-likeness (QED) is 0.266. The van der Waals surface area contributed by atoms with E-state index in [1.54, 1.807) is 36.4 Å². The van der Waals surface area contributed by atoms with Gasteiger partial charge in [0.05, 0.1) is 0 Å². The highest BCUT2D eigenvalue weighted by Crippen LogP contribution is 2.31. The van der Waals surface area contributed by atoms with Crippen molar-refractivity contribution in [2.45, 2.75) is 51.4 Å². The van der Waals surface area contributed by atoms with Gasteiger partial charge < -0.3 is 5.11 Å². The van der Waals surface area contributed by atoms with E-state index in [9.17, 15) is 9.13 Å². The molecule has 6 nitrogen and oxygen atoms in total. The number of benzene rings is 2. The molecule has 0 aliphatic heterocycles. The fourth-order valence-electron chi connectivity index (χ4n) is 3.70. The van der Waals surface area contributed by atoms with Crippen LogP contribution < -0.4 is 9.05 Å². The molecule has 35 heavy (non-hydrogen) atoms. The highest BCUT2D eigenvalue weighted by atomic mass is 35.7. The Hall–Kier alpha value is -1.81. The van der Waals surface area contributed by atoms with E-state index in [1.807, 2.05) is 24.3 Å². The molecule has 0 saturated heterocycles. The van der Waals surface area contributed by atoms with Gasteiger partial charge in [-0.05, 0) is 68.2 Å². The second-order valence-corrected chi connectivity index (χ2v) is 10.7. The predicted molar refractivity (Wildman–Crippen MR) is 141 cm³/mol. The van der Waals surface area contributed by atoms with E-state index in [-0.39, 0.29) is 0 Å². The molecule has 0 amide bonds. The van der Waals surface area contributed by atoms with Crippen LogP contribution >= 0.6 is 26.9 Å². The standard InChI is InChI=1S/C13H18O3P.C7H12O.C6H5ClO2P/c14-17(16-13-9-5-2-6-10-13)15-11-12-7-3-1-4-8-12;8-6-7-4-2-1-3-5-7;7-10(8)9-6-4-2-1-3-5-6/h2,5-6,9-10,12H,1,3-4,7-8,11H2;1-2,7-8H,3-6H2;1-5H/q+1;;+1. The first-order valence-electron chi connectivity index (χ1n) is 12.0. The molecule has 0 spiro atoms. The minimum Gasteiger partial charge on any atom is -0.396 e. The van der Waals surface area contributed by atoms with E-state index in [0.29, 0.717) is 36.5 Å². The smallest absolute Gasteiger partial charge is 0.396 e. The molecule has 1 fully saturated rings. The summed E-state index contributed by atoms with van der Waals surface area (Å²) in [6.45, 7) is 0.923. The number of aliphatic hydroxyl groups is 1. The Morgan fingerprint density at radius 2 is 1.40 bits per heavy atom. The van der Waals surface area contributed by atoms with Crippen molar-refractivity contribution < 1.29 is 27.8 Å². The lowest BCUT2D eigenvalue weighted by Crippen LogP contribution is -2.11. The topological polar surface area (TPSA) is 82.1 Å². The Balaban J connectivity index is 0.000000204. The lowest BCUT2D eigenvalue weighted by molar-refractivity contribution is 0.200. The molecule has 4 rings (SSSR count). The van der Waals surface area contributed by atoms with Gasteiger partial charge in [0.15, 0.2) is 11.5 Å². The van der Waals surface area contributed by atoms with Crippen molar-refractivity contribution in [3.63, 3.8) is 0 Å². The first-order chi connectivity index (χ1) is 17.1. The van der Waals surface area contributed by atoms with Gasteiger partial charge in [-0.15, -0.1) is 4.52 Å². The van der Waals surface area contributed by atoms with Gasteiger partial charge in [-0.25, -0.2) is 9.05 Å². The molecule has 0 bridgehead atoms. The maximum absolute atomic E-state index is 11.6. The summed E-state index contributed by atoms with van der Waals surface area (Å²) in [6.07, 6.45) is 14.0. The van der Waals surface area contributed by atoms with Crippen LogP contribution in [0.1, 0.15) is 51.4 Å². The van der Waals surface area contributed by atoms with Gasteiger partial charge in [0.2, 0.25) is 0 Å². The van der Waals surface area contributed by atoms with Crippen LogP contribution in [-0.2, 0) is 13.7 Å². The molecule has 0 radical (unpaired) electrons. The molecule has 2 aromatic carbocycles. The Morgan fingerprint density at radius 1 is 0.800 bits per heavy atom. The molecule has 0 heterocycles. The molecular formula is C26H35ClO6P2+2. The summed E-state index contributed by atoms with van der Waals surface area (Å²) < 4.78 is 37.0. The Kier molecular flexibility index (Phi) is 15.5. The van der Waals surface area contributed by atoms with E-state index in [0.717, 1.165) is 12.8 Å². The zero-order valence-electron chi connectivity index (χ0n) is 19.9. The number of aliphatic hydroxyl groups excluding tert-OH is 1. The van der Waals surface area contributed by atoms with E-state index in [4.69, 9.17) is 25.4 Å². The first kappa shape index (κ1) is 29.4. The highest BCUT2D eigenvalue weighted by molar-refractivity contribution is 7.70. The number of para-hydroxylation sites is 2. The molecule has 2 aromatic rings. The molecule has 2 aliphatic rings. The third-order valence-corrected chi connectivity index (χ3v) is 6.90. The SMILES string of the molecule is O=[P+](Cl)Oc1ccccc1.O=[P+](OCC1CCCCC1)Oc1ccccc1.OCC1CC=CCC1. The van der Waals surface area contributed by atoms with Crippen LogP contribution in [0, 0.1) is 11.8 Å². The summed E-state index contributed by atoms with van der Waals surface area (Å²) in [5, 5.41) is 8.66. The second-order valence-electron chi connectivity index (χ2n) is 8.38. The average Bonchev–Trinajstić information content (AvgIpc) is 2.90. The number of allylic oxidation sites excluding steroid dienone is 2. The molecule has 2 aliphatic carbocycles. The van der Waals surface area contributed by atoms with Gasteiger partial charge in [0, 0.05) is 15.7 Å². The Morgan fingerprint density at radius 3 is 1.89 bits per heavy atom. The number of hydrogen-bond acceptors (Lipinski definition) is 6. The molecule has 9 heteroatoms. The van der Waals surface area contributed by atoms with Gasteiger partial charge in [-0.1, -0.05) is 67.8 Å². The maximum Gasteiger partial charge on any atom is 0.750 e. The minimum atomic E-state index is -2.05. The van der Waals surface area contributed by atoms with Gasteiger partial charge in [-0.2, -0.15) is 0 Å². The molecule has 0 aromatic heterocycles. The van der Waals surface area contributed by atoms with Gasteiger partial charge in [-0.3, -0.25) is 0 Å². The largest absolute Gasteiger partial charge is 0.750 e. The highest BCUT2D eigenvalue weighted by Gasteiger charge is 2.25. The maximum atomic E-state index is 11.6. The lowest BCUT2D eigenvalue weighted by atomic mass is 9.90. The van der Waals surface area contributed by atoms with Crippen LogP contribution in [0.15, 0.2) is 72.8 Å². The third-order valence-electron chi connectivity index (χ3n) is 5.62. The van der Waals surface area contributed by atoms with Gasteiger partial charge >= 0.3 is 15.6 Å². The fourth-order valence-corrected chi connectivity index (χ4v) is 4.91. The molecule has 3 unspecified atom stereocenters. The van der Waals surface area contributed by atoms with E-state index < -0.39 is 15.6 Å². The van der Waals surface area contributed by atoms with Crippen LogP contribution in [0.3, 0.4) is 0 Å². The Labute approximate surface area is 215 Å². The van der Waals surface area contributed by atoms with E-state index in [1.165, 1.54) is 38.5 Å². The minimum absolute atomic E-state index is 0.365. The van der Waals surface area contributed by atoms with E-state index >= 15 is 0 Å². The molecule has 1 N–H and O–H groups in total. The van der Waals surface area contributed by atoms with Gasteiger partial charge in [0.25, 0.3) is 11.2 Å². The van der Waals surface area contributed by atoms with Crippen molar-refractivity contribution in [2.24, 2.45) is 11.8 Å². The summed E-state index contributed by atoms with van der Waals surface area (Å²) in [5.41, 5.74) is 0. The summed E-state index contributed by atoms with van der Waals surface area (Å²) in [6, 6.07) is 17.9. The predicted octanol–water partition coefficient (Wildman–Crippen LogP) is 8.62. The van der Waals surface area contributed by atoms with Crippen molar-refractivity contribution in [1.82, 2.24) is 0 Å². The molecule has 3 atom stereocenters. The molecular weight excluding hydrogens is 506 g/mol. The van der Waals surface area contributed by atoms with Crippen LogP contribution in [-0.4, -0.2) is 18.3 Å². The zero-order valence-corrected chi connectivity index (χ0v) is 22.5. The van der Waals surface area contributed by atoms with Crippen molar-refractivity contribution in [1.29, 1.82) is 0 Å². The molecule has 190 valence electrons. The zero-order chi connectivity index (χ0) is 25.1. The monoisotopic (exact) mass is 540 g/mol. The summed E-state index contributed by atoms with van der Waals surface area (Å²) in [7, 11) is -4.09. The van der Waals surface area contributed by atoms with Crippen molar-refractivity contribution in [3.8, 4) is 11.5 Å². The van der Waals surface area contributed by atoms with Crippen molar-refractivity contribution >= 4 is 26.9 Å². The lowest BCUT2D eigenvalue weighted by Gasteiger charge is -2.18. The number of hydrogen-bond donors (Lipinski definition) is 1. The summed E-state index contributed by atoms with van der Waals surface area (Å²) in [5.74, 6) is 2.23. The first-order valence-corrected chi connectivity index (χ1v) is 15.2. The number of rotatable bonds is 8. The fraction of sp³-hybridized carbons (Fsp3) is 0.462. The average molecular weight is 541 g/mol. The van der Waals surface area contributed by atoms with E-state index in [2.05, 4.69) is 16.7 Å². The van der Waals surface area contributed by atoms with Crippen LogP contribution in [0.5, 0.6) is 11.5 Å². The van der Waals surface area contributed by atoms with Crippen LogP contribution in [0.4, 0.5) is 0 Å². The normalized spacial score (nSPS) is 18.2. The van der Waals surface area contributed by atoms with Gasteiger partial charge in [0.1, 0.15) is 6.61 Å². The Bertz CT molecular complexity index is 876. The van der Waals surface area contributed by atoms with Crippen LogP contribution in [0.25, 0.3) is 0 Å². The summed E-state index contributed by atoms with van der Waals surface area (Å²) in [4.78, 5) is 0.